The van der Waals surface area contributed by atoms with Crippen LogP contribution in [0.2, 0.25) is 0 Å². The molecule has 296 valence electrons. The number of aromatic amines is 1. The van der Waals surface area contributed by atoms with Gasteiger partial charge in [0.1, 0.15) is 24.7 Å². The maximum Gasteiger partial charge on any atom is 0.316 e. The molecule has 2 aliphatic heterocycles. The molecule has 0 saturated carbocycles. The van der Waals surface area contributed by atoms with Crippen LogP contribution in [0.4, 0.5) is 16.2 Å². The van der Waals surface area contributed by atoms with Crippen molar-refractivity contribution in [3.05, 3.63) is 83.8 Å². The SMILES string of the molecule is CC(C)(C)c1cc(-c2cc(-n3cnc4cc(OCCOCCOCCNc5cccc6c5C(=O)N(C5CCC(=O)NC5=O)C6=O)ccc43)ccc2NC(N)=O)[nH]n1. The summed E-state index contributed by atoms with van der Waals surface area (Å²) >= 11 is 0. The molecular formula is C40H43N9O8. The molecule has 7 rings (SSSR count). The van der Waals surface area contributed by atoms with Gasteiger partial charge in [-0.1, -0.05) is 26.8 Å². The molecule has 1 saturated heterocycles. The molecule has 1 atom stereocenters. The molecule has 5 aromatic rings. The lowest BCUT2D eigenvalue weighted by molar-refractivity contribution is -0.136. The smallest absolute Gasteiger partial charge is 0.316 e. The van der Waals surface area contributed by atoms with E-state index in [1.165, 1.54) is 0 Å². The summed E-state index contributed by atoms with van der Waals surface area (Å²) in [4.78, 5) is 67.5. The Morgan fingerprint density at radius 3 is 2.46 bits per heavy atom. The lowest BCUT2D eigenvalue weighted by Gasteiger charge is -2.27. The number of carbonyl (C=O) groups excluding carboxylic acids is 5. The van der Waals surface area contributed by atoms with Crippen LogP contribution >= 0.6 is 0 Å². The number of imidazole rings is 1. The number of piperidine rings is 1. The molecule has 0 spiro atoms. The van der Waals surface area contributed by atoms with E-state index in [9.17, 15) is 24.0 Å². The molecule has 6 N–H and O–H groups in total. The number of nitrogens with zero attached hydrogens (tertiary/aromatic N) is 4. The number of nitrogens with two attached hydrogens (primary N) is 1. The number of ether oxygens (including phenoxy) is 3. The molecule has 2 aromatic heterocycles. The van der Waals surface area contributed by atoms with Gasteiger partial charge in [-0.05, 0) is 55.0 Å². The number of benzene rings is 3. The Balaban J connectivity index is 0.857. The van der Waals surface area contributed by atoms with Gasteiger partial charge in [-0.3, -0.25) is 39.1 Å². The highest BCUT2D eigenvalue weighted by Gasteiger charge is 2.45. The Morgan fingerprint density at radius 1 is 0.912 bits per heavy atom. The lowest BCUT2D eigenvalue weighted by Crippen LogP contribution is -2.54. The summed E-state index contributed by atoms with van der Waals surface area (Å²) in [6, 6.07) is 16.4. The second-order valence-corrected chi connectivity index (χ2v) is 14.6. The first kappa shape index (κ1) is 38.7. The number of rotatable bonds is 15. The Kier molecular flexibility index (Phi) is 11.0. The van der Waals surface area contributed by atoms with E-state index in [2.05, 4.69) is 51.9 Å². The minimum Gasteiger partial charge on any atom is -0.491 e. The molecule has 0 radical (unpaired) electrons. The lowest BCUT2D eigenvalue weighted by atomic mass is 9.92. The molecule has 57 heavy (non-hydrogen) atoms. The quantitative estimate of drug-likeness (QED) is 0.0751. The molecular weight excluding hydrogens is 734 g/mol. The van der Waals surface area contributed by atoms with Gasteiger partial charge in [-0.2, -0.15) is 5.10 Å². The summed E-state index contributed by atoms with van der Waals surface area (Å²) in [6.07, 6.45) is 1.88. The average Bonchev–Trinajstić information content (AvgIpc) is 3.90. The molecule has 1 fully saturated rings. The van der Waals surface area contributed by atoms with Crippen molar-refractivity contribution in [3.63, 3.8) is 0 Å². The van der Waals surface area contributed by atoms with Crippen molar-refractivity contribution >= 4 is 52.1 Å². The highest BCUT2D eigenvalue weighted by molar-refractivity contribution is 6.25. The minimum atomic E-state index is -1.03. The highest BCUT2D eigenvalue weighted by atomic mass is 16.5. The van der Waals surface area contributed by atoms with Gasteiger partial charge in [-0.15, -0.1) is 0 Å². The number of anilines is 2. The molecule has 2 aliphatic rings. The molecule has 1 unspecified atom stereocenters. The van der Waals surface area contributed by atoms with E-state index in [1.54, 1.807) is 30.6 Å². The van der Waals surface area contributed by atoms with Gasteiger partial charge in [0.05, 0.1) is 65.7 Å². The van der Waals surface area contributed by atoms with Crippen LogP contribution in [0.5, 0.6) is 5.75 Å². The van der Waals surface area contributed by atoms with Crippen molar-refractivity contribution in [1.29, 1.82) is 0 Å². The zero-order valence-corrected chi connectivity index (χ0v) is 31.7. The number of H-pyrrole nitrogens is 1. The van der Waals surface area contributed by atoms with Crippen molar-refractivity contribution in [3.8, 4) is 22.7 Å². The molecule has 0 aliphatic carbocycles. The second kappa shape index (κ2) is 16.3. The van der Waals surface area contributed by atoms with Crippen LogP contribution in [-0.2, 0) is 24.5 Å². The number of urea groups is 1. The monoisotopic (exact) mass is 777 g/mol. The summed E-state index contributed by atoms with van der Waals surface area (Å²) in [7, 11) is 0. The summed E-state index contributed by atoms with van der Waals surface area (Å²) in [6.45, 7) is 8.22. The third-order valence-corrected chi connectivity index (χ3v) is 9.59. The van der Waals surface area contributed by atoms with Crippen molar-refractivity contribution in [2.75, 3.05) is 50.2 Å². The van der Waals surface area contributed by atoms with Crippen LogP contribution in [0.3, 0.4) is 0 Å². The largest absolute Gasteiger partial charge is 0.491 e. The van der Waals surface area contributed by atoms with Crippen LogP contribution in [0.25, 0.3) is 28.0 Å². The van der Waals surface area contributed by atoms with E-state index in [0.29, 0.717) is 56.7 Å². The minimum absolute atomic E-state index is 0.0552. The Hall–Kier alpha value is -6.59. The first-order valence-corrected chi connectivity index (χ1v) is 18.5. The number of imide groups is 2. The number of aromatic nitrogens is 4. The Morgan fingerprint density at radius 2 is 1.70 bits per heavy atom. The number of carbonyl (C=O) groups is 5. The maximum atomic E-state index is 13.2. The highest BCUT2D eigenvalue weighted by Crippen LogP contribution is 2.34. The molecule has 6 amide bonds. The van der Waals surface area contributed by atoms with Gasteiger partial charge in [0, 0.05) is 41.4 Å². The molecule has 17 nitrogen and oxygen atoms in total. The zero-order chi connectivity index (χ0) is 40.3. The normalized spacial score (nSPS) is 15.6. The standard InChI is InChI=1S/C40H43N9O8/c1-40(2,3)33-21-29(46-47-33)26-19-23(7-9-27(26)44-39(41)54)48-22-43-30-20-24(8-10-31(30)48)57-18-17-56-16-15-55-14-13-42-28-6-4-5-25-35(28)38(53)49(37(25)52)32-11-12-34(50)45-36(32)51/h4-10,19-22,32,42H,11-18H2,1-3H3,(H,46,47)(H3,41,44,54)(H,45,50,51). The molecule has 17 heteroatoms. The number of hydrogen-bond acceptors (Lipinski definition) is 11. The van der Waals surface area contributed by atoms with Crippen molar-refractivity contribution in [2.24, 2.45) is 5.73 Å². The Bertz CT molecular complexity index is 2360. The van der Waals surface area contributed by atoms with Crippen LogP contribution in [0.1, 0.15) is 60.0 Å². The third kappa shape index (κ3) is 8.34. The van der Waals surface area contributed by atoms with Crippen molar-refractivity contribution in [1.82, 2.24) is 30.0 Å². The van der Waals surface area contributed by atoms with E-state index >= 15 is 0 Å². The second-order valence-electron chi connectivity index (χ2n) is 14.6. The molecule has 0 bridgehead atoms. The number of fused-ring (bicyclic) bond motifs is 2. The summed E-state index contributed by atoms with van der Waals surface area (Å²) in [5, 5.41) is 15.6. The van der Waals surface area contributed by atoms with Crippen LogP contribution < -0.4 is 26.4 Å². The van der Waals surface area contributed by atoms with Gasteiger partial charge in [0.25, 0.3) is 11.8 Å². The zero-order valence-electron chi connectivity index (χ0n) is 31.7. The van der Waals surface area contributed by atoms with Gasteiger partial charge < -0.3 is 30.6 Å². The summed E-state index contributed by atoms with van der Waals surface area (Å²) in [5.41, 5.74) is 11.5. The Labute approximate surface area is 327 Å². The third-order valence-electron chi connectivity index (χ3n) is 9.59. The van der Waals surface area contributed by atoms with Gasteiger partial charge in [0.2, 0.25) is 11.8 Å². The fourth-order valence-corrected chi connectivity index (χ4v) is 6.74. The van der Waals surface area contributed by atoms with E-state index in [0.717, 1.165) is 38.6 Å². The number of primary amides is 1. The van der Waals surface area contributed by atoms with Crippen molar-refractivity contribution < 1.29 is 38.2 Å². The van der Waals surface area contributed by atoms with E-state index in [4.69, 9.17) is 19.9 Å². The van der Waals surface area contributed by atoms with E-state index in [-0.39, 0.29) is 29.4 Å². The number of nitrogens with one attached hydrogen (secondary N) is 4. The number of amides is 6. The molecule has 3 aromatic carbocycles. The fourth-order valence-electron chi connectivity index (χ4n) is 6.74. The van der Waals surface area contributed by atoms with Crippen LogP contribution in [0, 0.1) is 0 Å². The van der Waals surface area contributed by atoms with Crippen molar-refractivity contribution in [2.45, 2.75) is 45.1 Å². The predicted molar refractivity (Wildman–Crippen MR) is 209 cm³/mol. The average molecular weight is 778 g/mol. The van der Waals surface area contributed by atoms with Crippen LogP contribution in [-0.4, -0.2) is 99.9 Å². The molecule has 4 heterocycles. The number of hydrogen-bond donors (Lipinski definition) is 5. The summed E-state index contributed by atoms with van der Waals surface area (Å²) < 4.78 is 19.2. The predicted octanol–water partition coefficient (Wildman–Crippen LogP) is 4.13. The van der Waals surface area contributed by atoms with Gasteiger partial charge >= 0.3 is 6.03 Å². The topological polar surface area (TPSA) is 225 Å². The van der Waals surface area contributed by atoms with Gasteiger partial charge in [-0.25, -0.2) is 9.78 Å². The van der Waals surface area contributed by atoms with E-state index in [1.807, 2.05) is 41.0 Å². The first-order valence-electron chi connectivity index (χ1n) is 18.5. The maximum absolute atomic E-state index is 13.2. The van der Waals surface area contributed by atoms with Crippen LogP contribution in [0.15, 0.2) is 67.0 Å². The summed E-state index contributed by atoms with van der Waals surface area (Å²) in [5.74, 6) is -1.57. The van der Waals surface area contributed by atoms with Gasteiger partial charge in [0.15, 0.2) is 0 Å². The van der Waals surface area contributed by atoms with E-state index < -0.39 is 35.7 Å². The fraction of sp³-hybridized carbons (Fsp3) is 0.325. The first-order chi connectivity index (χ1) is 27.4.